The summed E-state index contributed by atoms with van der Waals surface area (Å²) in [6.07, 6.45) is 3.83. The average Bonchev–Trinajstić information content (AvgIpc) is 2.68. The van der Waals surface area contributed by atoms with Crippen molar-refractivity contribution in [2.24, 2.45) is 0 Å². The number of carboxylic acid groups (broad SMARTS) is 1. The van der Waals surface area contributed by atoms with E-state index in [4.69, 9.17) is 16.4 Å². The minimum absolute atomic E-state index is 0.0509. The maximum Gasteiger partial charge on any atom is 0.332 e. The molecule has 0 radical (unpaired) electrons. The van der Waals surface area contributed by atoms with E-state index in [1.807, 2.05) is 0 Å². The van der Waals surface area contributed by atoms with Crippen LogP contribution >= 0.6 is 11.6 Å². The third kappa shape index (κ3) is 4.01. The SMILES string of the molecule is O=C(O)C1=C(C(=O)Nc2cc3c(cc2F)ONC(=O)C3C/C=C/Cl)CCCC1. The van der Waals surface area contributed by atoms with Gasteiger partial charge in [0.05, 0.1) is 11.6 Å². The Hall–Kier alpha value is -2.87. The highest BCUT2D eigenvalue weighted by molar-refractivity contribution is 6.25. The van der Waals surface area contributed by atoms with Crippen LogP contribution in [0.3, 0.4) is 0 Å². The maximum absolute atomic E-state index is 14.5. The first-order valence-corrected chi connectivity index (χ1v) is 9.18. The zero-order chi connectivity index (χ0) is 20.3. The molecule has 0 aromatic heterocycles. The van der Waals surface area contributed by atoms with Crippen molar-refractivity contribution in [3.05, 3.63) is 46.3 Å². The molecule has 148 valence electrons. The van der Waals surface area contributed by atoms with Gasteiger partial charge in [0.25, 0.3) is 11.8 Å². The van der Waals surface area contributed by atoms with Gasteiger partial charge in [0, 0.05) is 28.3 Å². The van der Waals surface area contributed by atoms with E-state index in [2.05, 4.69) is 10.8 Å². The molecule has 1 aliphatic carbocycles. The molecule has 0 saturated carbocycles. The van der Waals surface area contributed by atoms with Crippen molar-refractivity contribution in [3.63, 3.8) is 0 Å². The van der Waals surface area contributed by atoms with E-state index in [1.54, 1.807) is 6.08 Å². The summed E-state index contributed by atoms with van der Waals surface area (Å²) in [5, 5.41) is 11.7. The van der Waals surface area contributed by atoms with Crippen LogP contribution in [0.4, 0.5) is 10.1 Å². The van der Waals surface area contributed by atoms with Crippen molar-refractivity contribution in [1.82, 2.24) is 5.48 Å². The molecule has 1 aliphatic heterocycles. The van der Waals surface area contributed by atoms with Crippen LogP contribution in [-0.4, -0.2) is 22.9 Å². The number of carbonyl (C=O) groups excluding carboxylic acids is 2. The predicted molar refractivity (Wildman–Crippen MR) is 99.3 cm³/mol. The lowest BCUT2D eigenvalue weighted by atomic mass is 9.90. The summed E-state index contributed by atoms with van der Waals surface area (Å²) in [5.41, 5.74) is 3.93. The minimum Gasteiger partial charge on any atom is -0.478 e. The van der Waals surface area contributed by atoms with E-state index in [0.717, 1.165) is 6.07 Å². The summed E-state index contributed by atoms with van der Waals surface area (Å²) < 4.78 is 14.5. The second-order valence-electron chi connectivity index (χ2n) is 6.51. The molecule has 2 aliphatic rings. The number of carboxylic acids is 1. The van der Waals surface area contributed by atoms with Crippen LogP contribution in [0.5, 0.6) is 5.75 Å². The van der Waals surface area contributed by atoms with Gasteiger partial charge in [-0.1, -0.05) is 17.7 Å². The van der Waals surface area contributed by atoms with Gasteiger partial charge in [-0.25, -0.2) is 9.18 Å². The van der Waals surface area contributed by atoms with Crippen LogP contribution < -0.4 is 15.6 Å². The Morgan fingerprint density at radius 1 is 1.32 bits per heavy atom. The fraction of sp³-hybridized carbons (Fsp3) is 0.316. The lowest BCUT2D eigenvalue weighted by Gasteiger charge is -2.25. The summed E-state index contributed by atoms with van der Waals surface area (Å²) in [7, 11) is 0. The van der Waals surface area contributed by atoms with Crippen molar-refractivity contribution in [2.45, 2.75) is 38.0 Å². The number of nitrogens with one attached hydrogen (secondary N) is 2. The van der Waals surface area contributed by atoms with E-state index in [9.17, 15) is 23.9 Å². The monoisotopic (exact) mass is 408 g/mol. The van der Waals surface area contributed by atoms with Crippen LogP contribution in [0.2, 0.25) is 0 Å². The summed E-state index contributed by atoms with van der Waals surface area (Å²) >= 11 is 5.53. The second kappa shape index (κ2) is 8.43. The molecule has 2 amide bonds. The van der Waals surface area contributed by atoms with E-state index >= 15 is 0 Å². The molecule has 0 spiro atoms. The number of rotatable bonds is 5. The summed E-state index contributed by atoms with van der Waals surface area (Å²) in [5.74, 6) is -3.52. The van der Waals surface area contributed by atoms with Crippen molar-refractivity contribution in [3.8, 4) is 5.75 Å². The Morgan fingerprint density at radius 2 is 2.04 bits per heavy atom. The zero-order valence-corrected chi connectivity index (χ0v) is 15.5. The molecule has 0 bridgehead atoms. The van der Waals surface area contributed by atoms with Gasteiger partial charge in [-0.2, -0.15) is 5.48 Å². The lowest BCUT2D eigenvalue weighted by Crippen LogP contribution is -2.37. The standard InChI is InChI=1S/C19H18ClFN2O5/c20-7-3-6-11-13-8-15(14(21)9-16(13)28-23-18(11)25)22-17(24)10-4-1-2-5-12(10)19(26)27/h3,7-9,11H,1-2,4-6H2,(H,22,24)(H,23,25)(H,26,27)/b7-3+. The normalized spacial score (nSPS) is 19.1. The number of hydrogen-bond donors (Lipinski definition) is 3. The van der Waals surface area contributed by atoms with E-state index in [-0.39, 0.29) is 29.0 Å². The summed E-state index contributed by atoms with van der Waals surface area (Å²) in [6, 6.07) is 2.40. The molecule has 7 nitrogen and oxygen atoms in total. The Morgan fingerprint density at radius 3 is 2.71 bits per heavy atom. The van der Waals surface area contributed by atoms with Gasteiger partial charge in [0.2, 0.25) is 0 Å². The smallest absolute Gasteiger partial charge is 0.332 e. The fourth-order valence-electron chi connectivity index (χ4n) is 3.36. The molecular weight excluding hydrogens is 391 g/mol. The number of anilines is 1. The van der Waals surface area contributed by atoms with Gasteiger partial charge in [-0.05, 0) is 38.2 Å². The second-order valence-corrected chi connectivity index (χ2v) is 6.76. The van der Waals surface area contributed by atoms with Crippen LogP contribution in [0.25, 0.3) is 0 Å². The third-order valence-corrected chi connectivity index (χ3v) is 4.94. The molecule has 3 rings (SSSR count). The number of carbonyl (C=O) groups is 3. The molecule has 1 atom stereocenters. The van der Waals surface area contributed by atoms with Gasteiger partial charge in [0.1, 0.15) is 0 Å². The first-order valence-electron chi connectivity index (χ1n) is 8.74. The highest BCUT2D eigenvalue weighted by Crippen LogP contribution is 2.37. The number of halogens is 2. The topological polar surface area (TPSA) is 105 Å². The Kier molecular flexibility index (Phi) is 5.99. The molecule has 0 saturated heterocycles. The molecule has 28 heavy (non-hydrogen) atoms. The van der Waals surface area contributed by atoms with Gasteiger partial charge in [-0.15, -0.1) is 0 Å². The first-order chi connectivity index (χ1) is 13.4. The van der Waals surface area contributed by atoms with Crippen LogP contribution in [0, 0.1) is 5.82 Å². The van der Waals surface area contributed by atoms with Crippen molar-refractivity contribution in [2.75, 3.05) is 5.32 Å². The van der Waals surface area contributed by atoms with Gasteiger partial charge < -0.3 is 15.3 Å². The lowest BCUT2D eigenvalue weighted by molar-refractivity contribution is -0.133. The molecule has 1 unspecified atom stereocenters. The van der Waals surface area contributed by atoms with E-state index in [1.165, 1.54) is 11.6 Å². The quantitative estimate of drug-likeness (QED) is 0.692. The zero-order valence-electron chi connectivity index (χ0n) is 14.8. The van der Waals surface area contributed by atoms with E-state index < -0.39 is 29.5 Å². The van der Waals surface area contributed by atoms with Crippen molar-refractivity contribution >= 4 is 35.1 Å². The number of benzene rings is 1. The fourth-order valence-corrected chi connectivity index (χ4v) is 3.46. The highest BCUT2D eigenvalue weighted by Gasteiger charge is 2.31. The van der Waals surface area contributed by atoms with Gasteiger partial charge in [-0.3, -0.25) is 9.59 Å². The van der Waals surface area contributed by atoms with E-state index in [0.29, 0.717) is 31.2 Å². The molecule has 1 heterocycles. The Bertz CT molecular complexity index is 897. The van der Waals surface area contributed by atoms with Gasteiger partial charge in [0.15, 0.2) is 11.6 Å². The molecular formula is C19H18ClFN2O5. The van der Waals surface area contributed by atoms with Crippen molar-refractivity contribution < 1.29 is 28.7 Å². The number of aliphatic carboxylic acids is 1. The summed E-state index contributed by atoms with van der Waals surface area (Å²) in [6.45, 7) is 0. The molecule has 1 aromatic carbocycles. The van der Waals surface area contributed by atoms with Crippen LogP contribution in [0.15, 0.2) is 34.9 Å². The minimum atomic E-state index is -1.14. The Balaban J connectivity index is 1.93. The summed E-state index contributed by atoms with van der Waals surface area (Å²) in [4.78, 5) is 41.1. The molecule has 0 fully saturated rings. The number of amides is 2. The molecule has 1 aromatic rings. The number of hydroxylamine groups is 1. The van der Waals surface area contributed by atoms with Gasteiger partial charge >= 0.3 is 5.97 Å². The Labute approximate surface area is 165 Å². The molecule has 3 N–H and O–H groups in total. The largest absolute Gasteiger partial charge is 0.478 e. The number of hydrogen-bond acceptors (Lipinski definition) is 4. The maximum atomic E-state index is 14.5. The predicted octanol–water partition coefficient (Wildman–Crippen LogP) is 3.37. The van der Waals surface area contributed by atoms with Crippen LogP contribution in [-0.2, 0) is 14.4 Å². The van der Waals surface area contributed by atoms with Crippen molar-refractivity contribution in [1.29, 1.82) is 0 Å². The van der Waals surface area contributed by atoms with Crippen LogP contribution in [0.1, 0.15) is 43.6 Å². The first kappa shape index (κ1) is 19.9. The third-order valence-electron chi connectivity index (χ3n) is 4.76. The average molecular weight is 409 g/mol. The number of fused-ring (bicyclic) bond motifs is 1. The number of allylic oxidation sites excluding steroid dienone is 1. The highest BCUT2D eigenvalue weighted by atomic mass is 35.5. The molecule has 9 heteroatoms.